The van der Waals surface area contributed by atoms with Gasteiger partial charge in [0.25, 0.3) is 0 Å². The highest BCUT2D eigenvalue weighted by molar-refractivity contribution is 6.20. The Morgan fingerprint density at radius 3 is 2.12 bits per heavy atom. The van der Waals surface area contributed by atoms with Gasteiger partial charge in [-0.15, -0.1) is 0 Å². The summed E-state index contributed by atoms with van der Waals surface area (Å²) in [5, 5.41) is 5.98. The van der Waals surface area contributed by atoms with Crippen LogP contribution in [-0.4, -0.2) is 24.8 Å². The lowest BCUT2D eigenvalue weighted by atomic mass is 9.94. The van der Waals surface area contributed by atoms with E-state index in [4.69, 9.17) is 4.99 Å². The summed E-state index contributed by atoms with van der Waals surface area (Å²) in [5.74, 6) is 1.78. The second-order valence-electron chi connectivity index (χ2n) is 9.71. The van der Waals surface area contributed by atoms with Crippen molar-refractivity contribution in [3.05, 3.63) is 145 Å². The van der Waals surface area contributed by atoms with Gasteiger partial charge in [0.05, 0.1) is 6.04 Å². The molecule has 0 aliphatic heterocycles. The minimum Gasteiger partial charge on any atom is -0.325 e. The molecule has 0 heterocycles. The average molecular weight is 526 g/mol. The normalized spacial score (nSPS) is 14.4. The molecule has 4 aromatic carbocycles. The van der Waals surface area contributed by atoms with Crippen LogP contribution in [-0.2, 0) is 0 Å². The summed E-state index contributed by atoms with van der Waals surface area (Å²) in [7, 11) is 1.82. The topological polar surface area (TPSA) is 36.8 Å². The zero-order chi connectivity index (χ0) is 28.2. The van der Waals surface area contributed by atoms with Crippen molar-refractivity contribution in [3.8, 4) is 11.1 Å². The second kappa shape index (κ2) is 14.6. The van der Waals surface area contributed by atoms with Crippen molar-refractivity contribution in [1.29, 1.82) is 0 Å². The van der Waals surface area contributed by atoms with E-state index in [0.29, 0.717) is 0 Å². The molecule has 3 nitrogen and oxygen atoms in total. The molecule has 0 amide bonds. The van der Waals surface area contributed by atoms with E-state index in [0.717, 1.165) is 34.6 Å². The Kier molecular flexibility index (Phi) is 10.4. The van der Waals surface area contributed by atoms with Crippen LogP contribution in [0.4, 0.5) is 0 Å². The highest BCUT2D eigenvalue weighted by Gasteiger charge is 2.18. The Bertz CT molecular complexity index is 1530. The molecule has 2 atom stereocenters. The van der Waals surface area contributed by atoms with Gasteiger partial charge in [-0.2, -0.15) is 0 Å². The summed E-state index contributed by atoms with van der Waals surface area (Å²) in [4.78, 5) is 10.0. The lowest BCUT2D eigenvalue weighted by Gasteiger charge is -2.20. The second-order valence-corrected chi connectivity index (χ2v) is 9.71. The molecule has 0 bridgehead atoms. The van der Waals surface area contributed by atoms with Crippen LogP contribution in [0.2, 0.25) is 0 Å². The maximum Gasteiger partial charge on any atom is 0.135 e. The predicted octanol–water partition coefficient (Wildman–Crippen LogP) is 9.02. The number of fused-ring (bicyclic) bond motifs is 1. The molecule has 0 aliphatic rings. The highest BCUT2D eigenvalue weighted by atomic mass is 15.1. The first-order valence-electron chi connectivity index (χ1n) is 14.1. The van der Waals surface area contributed by atoms with Crippen LogP contribution < -0.4 is 5.32 Å². The maximum absolute atomic E-state index is 5.39. The van der Waals surface area contributed by atoms with E-state index in [9.17, 15) is 0 Å². The zero-order valence-corrected chi connectivity index (χ0v) is 24.0. The molecular weight excluding hydrogens is 486 g/mol. The first-order valence-corrected chi connectivity index (χ1v) is 14.1. The summed E-state index contributed by atoms with van der Waals surface area (Å²) in [5.41, 5.74) is 4.47. The zero-order valence-electron chi connectivity index (χ0n) is 24.0. The third kappa shape index (κ3) is 7.12. The van der Waals surface area contributed by atoms with Crippen LogP contribution in [0.15, 0.2) is 144 Å². The minimum atomic E-state index is -0.0506. The highest BCUT2D eigenvalue weighted by Crippen LogP contribution is 2.31. The minimum absolute atomic E-state index is 0.0506. The van der Waals surface area contributed by atoms with Crippen molar-refractivity contribution in [2.45, 2.75) is 33.2 Å². The molecule has 4 aromatic rings. The van der Waals surface area contributed by atoms with E-state index in [1.54, 1.807) is 0 Å². The first-order chi connectivity index (χ1) is 19.7. The van der Waals surface area contributed by atoms with Crippen molar-refractivity contribution in [1.82, 2.24) is 5.32 Å². The molecule has 0 saturated heterocycles. The molecule has 0 radical (unpaired) electrons. The summed E-state index contributed by atoms with van der Waals surface area (Å²) in [6.45, 7) is 6.40. The smallest absolute Gasteiger partial charge is 0.135 e. The van der Waals surface area contributed by atoms with E-state index < -0.39 is 0 Å². The SMILES string of the molecule is C/C=C\C=C/[C@H](C)C(/C=C\CC)N=C(NC(=NC)c1ccccc1)c1ccc(-c2ccccc2)c2ccccc12. The standard InChI is InChI=1S/C37H39N3/c1-5-7-11-18-28(3)35(25-8-6-2)39-37(40-36(38-4)30-21-14-10-15-22-30)34-27-26-31(29-19-12-9-13-20-29)32-23-16-17-24-33(32)34/h5,7-28,35H,6H2,1-4H3,(H,38,39,40)/b7-5-,18-11-,25-8-/t28-,35?/m0/s1. The van der Waals surface area contributed by atoms with Gasteiger partial charge in [-0.1, -0.05) is 147 Å². The first kappa shape index (κ1) is 28.5. The van der Waals surface area contributed by atoms with Crippen LogP contribution in [0.5, 0.6) is 0 Å². The fourth-order valence-corrected chi connectivity index (χ4v) is 4.73. The quantitative estimate of drug-likeness (QED) is 0.101. The molecule has 0 aliphatic carbocycles. The van der Waals surface area contributed by atoms with Gasteiger partial charge in [0, 0.05) is 24.1 Å². The van der Waals surface area contributed by atoms with Gasteiger partial charge < -0.3 is 5.32 Å². The molecule has 0 fully saturated rings. The van der Waals surface area contributed by atoms with Crippen LogP contribution in [0, 0.1) is 5.92 Å². The van der Waals surface area contributed by atoms with Crippen molar-refractivity contribution < 1.29 is 0 Å². The Morgan fingerprint density at radius 2 is 1.45 bits per heavy atom. The van der Waals surface area contributed by atoms with Gasteiger partial charge in [0.2, 0.25) is 0 Å². The molecule has 0 aromatic heterocycles. The monoisotopic (exact) mass is 525 g/mol. The van der Waals surface area contributed by atoms with Crippen molar-refractivity contribution in [2.24, 2.45) is 15.9 Å². The van der Waals surface area contributed by atoms with Gasteiger partial charge in [0.15, 0.2) is 0 Å². The number of nitrogens with zero attached hydrogens (tertiary/aromatic N) is 2. The third-order valence-corrected chi connectivity index (χ3v) is 6.88. The Balaban J connectivity index is 1.90. The molecule has 0 spiro atoms. The predicted molar refractivity (Wildman–Crippen MR) is 174 cm³/mol. The maximum atomic E-state index is 5.39. The largest absolute Gasteiger partial charge is 0.325 e. The van der Waals surface area contributed by atoms with Crippen LogP contribution in [0.25, 0.3) is 21.9 Å². The molecular formula is C37H39N3. The summed E-state index contributed by atoms with van der Waals surface area (Å²) in [6, 6.07) is 33.7. The third-order valence-electron chi connectivity index (χ3n) is 6.88. The Morgan fingerprint density at radius 1 is 0.775 bits per heavy atom. The van der Waals surface area contributed by atoms with E-state index in [1.165, 1.54) is 16.5 Å². The number of allylic oxidation sites excluding steroid dienone is 4. The van der Waals surface area contributed by atoms with Gasteiger partial charge in [-0.05, 0) is 35.2 Å². The van der Waals surface area contributed by atoms with Crippen molar-refractivity contribution in [3.63, 3.8) is 0 Å². The summed E-state index contributed by atoms with van der Waals surface area (Å²) < 4.78 is 0. The molecule has 4 rings (SSSR count). The number of hydrogen-bond acceptors (Lipinski definition) is 2. The van der Waals surface area contributed by atoms with Crippen LogP contribution in [0.3, 0.4) is 0 Å². The molecule has 3 heteroatoms. The molecule has 40 heavy (non-hydrogen) atoms. The number of nitrogens with one attached hydrogen (secondary N) is 1. The lowest BCUT2D eigenvalue weighted by Crippen LogP contribution is -2.34. The fourth-order valence-electron chi connectivity index (χ4n) is 4.73. The molecule has 1 N–H and O–H groups in total. The van der Waals surface area contributed by atoms with E-state index in [2.05, 4.69) is 133 Å². The van der Waals surface area contributed by atoms with E-state index in [-0.39, 0.29) is 12.0 Å². The Hall–Kier alpha value is -4.50. The number of amidine groups is 2. The molecule has 0 saturated carbocycles. The van der Waals surface area contributed by atoms with Gasteiger partial charge in [-0.3, -0.25) is 9.98 Å². The van der Waals surface area contributed by atoms with Crippen molar-refractivity contribution >= 4 is 22.4 Å². The average Bonchev–Trinajstić information content (AvgIpc) is 3.01. The van der Waals surface area contributed by atoms with Crippen LogP contribution >= 0.6 is 0 Å². The lowest BCUT2D eigenvalue weighted by molar-refractivity contribution is 0.631. The van der Waals surface area contributed by atoms with Crippen molar-refractivity contribution in [2.75, 3.05) is 7.05 Å². The van der Waals surface area contributed by atoms with E-state index >= 15 is 0 Å². The van der Waals surface area contributed by atoms with Gasteiger partial charge in [0.1, 0.15) is 11.7 Å². The number of rotatable bonds is 9. The van der Waals surface area contributed by atoms with Gasteiger partial charge >= 0.3 is 0 Å². The fraction of sp³-hybridized carbons (Fsp3) is 0.189. The summed E-state index contributed by atoms with van der Waals surface area (Å²) in [6.07, 6.45) is 13.8. The molecule has 1 unspecified atom stereocenters. The van der Waals surface area contributed by atoms with E-state index in [1.807, 2.05) is 38.2 Å². The Labute approximate surface area is 239 Å². The number of benzene rings is 4. The molecule has 202 valence electrons. The van der Waals surface area contributed by atoms with Gasteiger partial charge in [-0.25, -0.2) is 0 Å². The summed E-state index contributed by atoms with van der Waals surface area (Å²) >= 11 is 0. The number of aliphatic imine (C=N–C) groups is 2. The number of hydrogen-bond donors (Lipinski definition) is 1. The van der Waals surface area contributed by atoms with Crippen LogP contribution in [0.1, 0.15) is 38.3 Å².